The molecule has 3 heteroatoms. The molecule has 1 N–H and O–H groups in total. The Hall–Kier alpha value is -1.82. The molecule has 1 aromatic carbocycles. The summed E-state index contributed by atoms with van der Waals surface area (Å²) in [6, 6.07) is 7.52. The molecular formula is C16H20N2O. The van der Waals surface area contributed by atoms with E-state index in [0.717, 1.165) is 43.4 Å². The van der Waals surface area contributed by atoms with E-state index in [9.17, 15) is 4.79 Å². The molecule has 0 bridgehead atoms. The molecule has 0 unspecified atom stereocenters. The van der Waals surface area contributed by atoms with E-state index < -0.39 is 0 Å². The summed E-state index contributed by atoms with van der Waals surface area (Å²) >= 11 is 0. The molecule has 2 rings (SSSR count). The summed E-state index contributed by atoms with van der Waals surface area (Å²) in [4.78, 5) is 12.5. The number of carbonyl (C=O) groups excluding carboxylic acids is 1. The van der Waals surface area contributed by atoms with Gasteiger partial charge in [0.15, 0.2) is 0 Å². The number of nitrogens with one attached hydrogen (secondary N) is 1. The summed E-state index contributed by atoms with van der Waals surface area (Å²) in [7, 11) is 0. The number of nitriles is 1. The zero-order valence-corrected chi connectivity index (χ0v) is 11.6. The van der Waals surface area contributed by atoms with Crippen LogP contribution in [0.15, 0.2) is 18.2 Å². The normalized spacial score (nSPS) is 16.9. The number of amides is 1. The Kier molecular flexibility index (Phi) is 3.90. The molecule has 1 aliphatic rings. The van der Waals surface area contributed by atoms with Crippen molar-refractivity contribution in [2.75, 3.05) is 5.32 Å². The Balaban J connectivity index is 2.21. The van der Waals surface area contributed by atoms with Gasteiger partial charge in [0.25, 0.3) is 0 Å². The summed E-state index contributed by atoms with van der Waals surface area (Å²) < 4.78 is 0. The monoisotopic (exact) mass is 256 g/mol. The van der Waals surface area contributed by atoms with Gasteiger partial charge in [-0.1, -0.05) is 25.8 Å². The van der Waals surface area contributed by atoms with Crippen molar-refractivity contribution in [1.82, 2.24) is 0 Å². The van der Waals surface area contributed by atoms with Crippen LogP contribution >= 0.6 is 0 Å². The predicted octanol–water partition coefficient (Wildman–Crippen LogP) is 3.78. The summed E-state index contributed by atoms with van der Waals surface area (Å²) in [5.74, 6) is 0.116. The van der Waals surface area contributed by atoms with E-state index in [-0.39, 0.29) is 11.3 Å². The van der Waals surface area contributed by atoms with Crippen LogP contribution in [-0.4, -0.2) is 5.91 Å². The minimum Gasteiger partial charge on any atom is -0.325 e. The molecule has 1 saturated carbocycles. The highest BCUT2D eigenvalue weighted by atomic mass is 16.2. The first-order valence-electron chi connectivity index (χ1n) is 6.93. The van der Waals surface area contributed by atoms with E-state index in [0.29, 0.717) is 5.56 Å². The van der Waals surface area contributed by atoms with E-state index in [1.54, 1.807) is 12.1 Å². The topological polar surface area (TPSA) is 52.9 Å². The molecule has 1 aliphatic carbocycles. The number of hydrogen-bond acceptors (Lipinski definition) is 2. The smallest absolute Gasteiger partial charge is 0.230 e. The van der Waals surface area contributed by atoms with E-state index in [4.69, 9.17) is 5.26 Å². The minimum atomic E-state index is -0.199. The molecule has 0 aliphatic heterocycles. The Labute approximate surface area is 114 Å². The average Bonchev–Trinajstić information content (AvgIpc) is 2.91. The molecule has 3 nitrogen and oxygen atoms in total. The fraction of sp³-hybridized carbons (Fsp3) is 0.500. The maximum absolute atomic E-state index is 12.5. The molecule has 1 amide bonds. The lowest BCUT2D eigenvalue weighted by atomic mass is 9.82. The summed E-state index contributed by atoms with van der Waals surface area (Å²) in [6.45, 7) is 4.04. The highest BCUT2D eigenvalue weighted by molar-refractivity contribution is 5.96. The lowest BCUT2D eigenvalue weighted by Gasteiger charge is -2.26. The molecule has 0 aromatic heterocycles. The molecule has 0 spiro atoms. The number of hydrogen-bond donors (Lipinski definition) is 1. The SMILES string of the molecule is CCC1(C(=O)Nc2cc(C#N)ccc2C)CCCC1. The van der Waals surface area contributed by atoms with Gasteiger partial charge in [-0.15, -0.1) is 0 Å². The van der Waals surface area contributed by atoms with Crippen LogP contribution in [0.25, 0.3) is 0 Å². The first-order chi connectivity index (χ1) is 9.11. The van der Waals surface area contributed by atoms with Gasteiger partial charge in [-0.2, -0.15) is 5.26 Å². The highest BCUT2D eigenvalue weighted by Gasteiger charge is 2.39. The zero-order valence-electron chi connectivity index (χ0n) is 11.6. The number of aryl methyl sites for hydroxylation is 1. The highest BCUT2D eigenvalue weighted by Crippen LogP contribution is 2.42. The van der Waals surface area contributed by atoms with Crippen LogP contribution in [0.5, 0.6) is 0 Å². The lowest BCUT2D eigenvalue weighted by molar-refractivity contribution is -0.125. The van der Waals surface area contributed by atoms with Gasteiger partial charge in [-0.3, -0.25) is 4.79 Å². The van der Waals surface area contributed by atoms with Gasteiger partial charge in [-0.05, 0) is 43.9 Å². The fourth-order valence-corrected chi connectivity index (χ4v) is 2.87. The number of nitrogens with zero attached hydrogens (tertiary/aromatic N) is 1. The van der Waals surface area contributed by atoms with E-state index in [2.05, 4.69) is 18.3 Å². The fourth-order valence-electron chi connectivity index (χ4n) is 2.87. The van der Waals surface area contributed by atoms with E-state index >= 15 is 0 Å². The molecule has 0 atom stereocenters. The van der Waals surface area contributed by atoms with Crippen LogP contribution in [0.1, 0.15) is 50.2 Å². The minimum absolute atomic E-state index is 0.116. The second-order valence-corrected chi connectivity index (χ2v) is 5.44. The molecule has 0 radical (unpaired) electrons. The Bertz CT molecular complexity index is 522. The number of carbonyl (C=O) groups is 1. The van der Waals surface area contributed by atoms with Crippen molar-refractivity contribution in [3.63, 3.8) is 0 Å². The molecule has 0 saturated heterocycles. The Morgan fingerprint density at radius 2 is 2.11 bits per heavy atom. The number of anilines is 1. The second-order valence-electron chi connectivity index (χ2n) is 5.44. The maximum Gasteiger partial charge on any atom is 0.230 e. The molecule has 100 valence electrons. The number of rotatable bonds is 3. The van der Waals surface area contributed by atoms with Gasteiger partial charge in [0, 0.05) is 11.1 Å². The standard InChI is InChI=1S/C16H20N2O/c1-3-16(8-4-5-9-16)15(19)18-14-10-13(11-17)7-6-12(14)2/h6-7,10H,3-5,8-9H2,1-2H3,(H,18,19). The second kappa shape index (κ2) is 5.44. The van der Waals surface area contributed by atoms with Crippen LogP contribution in [0.4, 0.5) is 5.69 Å². The van der Waals surface area contributed by atoms with Crippen molar-refractivity contribution in [1.29, 1.82) is 5.26 Å². The maximum atomic E-state index is 12.5. The first kappa shape index (κ1) is 13.6. The molecule has 19 heavy (non-hydrogen) atoms. The van der Waals surface area contributed by atoms with Gasteiger partial charge in [0.05, 0.1) is 11.6 Å². The third-order valence-corrected chi connectivity index (χ3v) is 4.33. The van der Waals surface area contributed by atoms with E-state index in [1.807, 2.05) is 13.0 Å². The van der Waals surface area contributed by atoms with Crippen molar-refractivity contribution in [3.8, 4) is 6.07 Å². The molecule has 1 aromatic rings. The van der Waals surface area contributed by atoms with Gasteiger partial charge in [-0.25, -0.2) is 0 Å². The third kappa shape index (κ3) is 2.63. The van der Waals surface area contributed by atoms with Crippen molar-refractivity contribution in [3.05, 3.63) is 29.3 Å². The van der Waals surface area contributed by atoms with E-state index in [1.165, 1.54) is 0 Å². The zero-order chi connectivity index (χ0) is 13.9. The van der Waals surface area contributed by atoms with Crippen LogP contribution in [0, 0.1) is 23.7 Å². The van der Waals surface area contributed by atoms with Crippen molar-refractivity contribution in [2.24, 2.45) is 5.41 Å². The summed E-state index contributed by atoms with van der Waals surface area (Å²) in [5.41, 5.74) is 2.15. The lowest BCUT2D eigenvalue weighted by Crippen LogP contribution is -2.33. The van der Waals surface area contributed by atoms with Gasteiger partial charge in [0.1, 0.15) is 0 Å². The van der Waals surface area contributed by atoms with Crippen molar-refractivity contribution in [2.45, 2.75) is 46.0 Å². The third-order valence-electron chi connectivity index (χ3n) is 4.33. The quantitative estimate of drug-likeness (QED) is 0.894. The number of benzene rings is 1. The summed E-state index contributed by atoms with van der Waals surface area (Å²) in [5, 5.41) is 12.0. The molecule has 1 fully saturated rings. The van der Waals surface area contributed by atoms with Crippen LogP contribution in [0.3, 0.4) is 0 Å². The molecular weight excluding hydrogens is 236 g/mol. The Morgan fingerprint density at radius 3 is 2.68 bits per heavy atom. The van der Waals surface area contributed by atoms with Crippen LogP contribution in [-0.2, 0) is 4.79 Å². The van der Waals surface area contributed by atoms with Gasteiger partial charge >= 0.3 is 0 Å². The summed E-state index contributed by atoms with van der Waals surface area (Å²) in [6.07, 6.45) is 5.12. The van der Waals surface area contributed by atoms with Crippen LogP contribution in [0.2, 0.25) is 0 Å². The first-order valence-corrected chi connectivity index (χ1v) is 6.93. The van der Waals surface area contributed by atoms with Crippen molar-refractivity contribution >= 4 is 11.6 Å². The van der Waals surface area contributed by atoms with Gasteiger partial charge in [0.2, 0.25) is 5.91 Å². The molecule has 0 heterocycles. The predicted molar refractivity (Wildman–Crippen MR) is 75.7 cm³/mol. The average molecular weight is 256 g/mol. The van der Waals surface area contributed by atoms with Crippen LogP contribution < -0.4 is 5.32 Å². The van der Waals surface area contributed by atoms with Crippen molar-refractivity contribution < 1.29 is 4.79 Å². The largest absolute Gasteiger partial charge is 0.325 e. The Morgan fingerprint density at radius 1 is 1.42 bits per heavy atom. The van der Waals surface area contributed by atoms with Gasteiger partial charge < -0.3 is 5.32 Å².